The van der Waals surface area contributed by atoms with Gasteiger partial charge in [-0.1, -0.05) is 55.5 Å². The SMILES string of the molecule is CCC(C(=O)Nc1c(C)cccc1C)[N+]1(CC(=O)OCc2ccccc2)CCCCCC1. The van der Waals surface area contributed by atoms with E-state index in [2.05, 4.69) is 12.2 Å². The Balaban J connectivity index is 1.78. The number of quaternary nitrogens is 1. The lowest BCUT2D eigenvalue weighted by Gasteiger charge is -2.42. The van der Waals surface area contributed by atoms with Crippen molar-refractivity contribution >= 4 is 17.6 Å². The van der Waals surface area contributed by atoms with Crippen LogP contribution in [0.15, 0.2) is 48.5 Å². The highest BCUT2D eigenvalue weighted by Gasteiger charge is 2.43. The predicted octanol–water partition coefficient (Wildman–Crippen LogP) is 5.15. The van der Waals surface area contributed by atoms with Gasteiger partial charge < -0.3 is 14.5 Å². The molecule has 0 saturated carbocycles. The van der Waals surface area contributed by atoms with Crippen molar-refractivity contribution in [1.29, 1.82) is 0 Å². The summed E-state index contributed by atoms with van der Waals surface area (Å²) < 4.78 is 6.13. The standard InChI is InChI=1S/C27H36N2O3/c1-4-24(27(31)28-26-21(2)13-12-14-22(26)3)29(17-10-5-6-11-18-29)19-25(30)32-20-23-15-8-7-9-16-23/h7-9,12-16,24H,4-6,10-11,17-20H2,1-3H3/p+1. The van der Waals surface area contributed by atoms with Crippen LogP contribution in [0.5, 0.6) is 0 Å². The number of aryl methyl sites for hydroxylation is 2. The number of amides is 1. The molecule has 5 heteroatoms. The van der Waals surface area contributed by atoms with Crippen molar-refractivity contribution in [3.63, 3.8) is 0 Å². The zero-order valence-electron chi connectivity index (χ0n) is 19.7. The first-order valence-electron chi connectivity index (χ1n) is 11.9. The molecule has 5 nitrogen and oxygen atoms in total. The number of nitrogens with zero attached hydrogens (tertiary/aromatic N) is 1. The summed E-state index contributed by atoms with van der Waals surface area (Å²) in [4.78, 5) is 26.5. The van der Waals surface area contributed by atoms with Crippen molar-refractivity contribution in [3.8, 4) is 0 Å². The zero-order chi connectivity index (χ0) is 23.0. The molecule has 0 aromatic heterocycles. The summed E-state index contributed by atoms with van der Waals surface area (Å²) in [5.74, 6) is -0.225. The molecule has 32 heavy (non-hydrogen) atoms. The van der Waals surface area contributed by atoms with Crippen LogP contribution >= 0.6 is 0 Å². The highest BCUT2D eigenvalue weighted by Crippen LogP contribution is 2.27. The number of hydrogen-bond acceptors (Lipinski definition) is 3. The van der Waals surface area contributed by atoms with E-state index in [1.54, 1.807) is 0 Å². The van der Waals surface area contributed by atoms with E-state index in [4.69, 9.17) is 4.74 Å². The number of anilines is 1. The normalized spacial score (nSPS) is 16.6. The van der Waals surface area contributed by atoms with E-state index < -0.39 is 0 Å². The molecular formula is C27H37N2O3+. The number of esters is 1. The molecule has 2 aromatic rings. The molecule has 1 heterocycles. The average Bonchev–Trinajstić information content (AvgIpc) is 3.02. The molecular weight excluding hydrogens is 400 g/mol. The maximum Gasteiger partial charge on any atom is 0.362 e. The summed E-state index contributed by atoms with van der Waals surface area (Å²) in [7, 11) is 0. The van der Waals surface area contributed by atoms with E-state index in [9.17, 15) is 9.59 Å². The highest BCUT2D eigenvalue weighted by molar-refractivity contribution is 5.95. The summed E-state index contributed by atoms with van der Waals surface area (Å²) in [6.07, 6.45) is 5.03. The number of hydrogen-bond donors (Lipinski definition) is 1. The Hall–Kier alpha value is -2.66. The van der Waals surface area contributed by atoms with Crippen molar-refractivity contribution < 1.29 is 18.8 Å². The van der Waals surface area contributed by atoms with Crippen molar-refractivity contribution in [2.45, 2.75) is 65.5 Å². The highest BCUT2D eigenvalue weighted by atomic mass is 16.5. The van der Waals surface area contributed by atoms with Gasteiger partial charge in [0.1, 0.15) is 6.61 Å². The van der Waals surface area contributed by atoms with Gasteiger partial charge in [-0.25, -0.2) is 4.79 Å². The van der Waals surface area contributed by atoms with E-state index in [0.29, 0.717) is 10.9 Å². The third kappa shape index (κ3) is 5.98. The third-order valence-electron chi connectivity index (χ3n) is 6.72. The number of likely N-dealkylation sites (tertiary alicyclic amines) is 1. The number of carbonyl (C=O) groups is 2. The third-order valence-corrected chi connectivity index (χ3v) is 6.72. The second kappa shape index (κ2) is 11.3. The number of benzene rings is 2. The first-order valence-corrected chi connectivity index (χ1v) is 11.9. The fourth-order valence-corrected chi connectivity index (χ4v) is 4.98. The predicted molar refractivity (Wildman–Crippen MR) is 128 cm³/mol. The summed E-state index contributed by atoms with van der Waals surface area (Å²) in [5, 5.41) is 3.20. The van der Waals surface area contributed by atoms with Gasteiger partial charge in [0, 0.05) is 12.1 Å². The molecule has 3 rings (SSSR count). The number of carbonyl (C=O) groups excluding carboxylic acids is 2. The molecule has 1 amide bonds. The summed E-state index contributed by atoms with van der Waals surface area (Å²) in [5.41, 5.74) is 3.97. The first kappa shape index (κ1) is 24.0. The largest absolute Gasteiger partial charge is 0.457 e. The summed E-state index contributed by atoms with van der Waals surface area (Å²) in [6.45, 7) is 8.26. The van der Waals surface area contributed by atoms with Gasteiger partial charge in [-0.2, -0.15) is 0 Å². The Bertz CT molecular complexity index is 882. The molecule has 1 saturated heterocycles. The lowest BCUT2D eigenvalue weighted by atomic mass is 10.0. The van der Waals surface area contributed by atoms with Crippen molar-refractivity contribution in [2.75, 3.05) is 25.0 Å². The Morgan fingerprint density at radius 2 is 1.56 bits per heavy atom. The van der Waals surface area contributed by atoms with Gasteiger partial charge in [0.2, 0.25) is 0 Å². The van der Waals surface area contributed by atoms with Crippen LogP contribution in [0.3, 0.4) is 0 Å². The second-order valence-electron chi connectivity index (χ2n) is 9.06. The van der Waals surface area contributed by atoms with Crippen LogP contribution in [-0.4, -0.2) is 42.0 Å². The van der Waals surface area contributed by atoms with Gasteiger partial charge in [-0.05, 0) is 56.2 Å². The molecule has 1 aliphatic heterocycles. The minimum absolute atomic E-state index is 0.00246. The van der Waals surface area contributed by atoms with Gasteiger partial charge in [0.25, 0.3) is 5.91 Å². The maximum absolute atomic E-state index is 13.5. The lowest BCUT2D eigenvalue weighted by Crippen LogP contribution is -2.62. The fraction of sp³-hybridized carbons (Fsp3) is 0.481. The zero-order valence-corrected chi connectivity index (χ0v) is 19.7. The van der Waals surface area contributed by atoms with E-state index in [1.165, 1.54) is 0 Å². The maximum atomic E-state index is 13.5. The van der Waals surface area contributed by atoms with Gasteiger partial charge >= 0.3 is 5.97 Å². The Kier molecular flexibility index (Phi) is 8.46. The molecule has 1 unspecified atom stereocenters. The number of para-hydroxylation sites is 1. The molecule has 1 aliphatic rings. The second-order valence-corrected chi connectivity index (χ2v) is 9.06. The number of nitrogens with one attached hydrogen (secondary N) is 1. The Morgan fingerprint density at radius 3 is 2.16 bits per heavy atom. The topological polar surface area (TPSA) is 55.4 Å². The minimum atomic E-state index is -0.281. The van der Waals surface area contributed by atoms with E-state index in [0.717, 1.165) is 61.2 Å². The summed E-state index contributed by atoms with van der Waals surface area (Å²) >= 11 is 0. The first-order chi connectivity index (χ1) is 15.4. The van der Waals surface area contributed by atoms with E-state index in [1.807, 2.05) is 62.4 Å². The van der Waals surface area contributed by atoms with E-state index >= 15 is 0 Å². The van der Waals surface area contributed by atoms with Crippen molar-refractivity contribution in [2.24, 2.45) is 0 Å². The molecule has 1 atom stereocenters. The van der Waals surface area contributed by atoms with Crippen LogP contribution < -0.4 is 5.32 Å². The van der Waals surface area contributed by atoms with Crippen molar-refractivity contribution in [3.05, 3.63) is 65.2 Å². The monoisotopic (exact) mass is 437 g/mol. The van der Waals surface area contributed by atoms with Gasteiger partial charge in [-0.15, -0.1) is 0 Å². The Morgan fingerprint density at radius 1 is 0.938 bits per heavy atom. The molecule has 0 bridgehead atoms. The molecule has 172 valence electrons. The van der Waals surface area contributed by atoms with Crippen molar-refractivity contribution in [1.82, 2.24) is 0 Å². The molecule has 0 aliphatic carbocycles. The molecule has 1 fully saturated rings. The van der Waals surface area contributed by atoms with E-state index in [-0.39, 0.29) is 31.1 Å². The fourth-order valence-electron chi connectivity index (χ4n) is 4.98. The van der Waals surface area contributed by atoms with Crippen LogP contribution in [0.1, 0.15) is 55.7 Å². The van der Waals surface area contributed by atoms with Crippen LogP contribution in [0.4, 0.5) is 5.69 Å². The molecule has 2 aromatic carbocycles. The molecule has 0 spiro atoms. The number of ether oxygens (including phenoxy) is 1. The van der Waals surface area contributed by atoms with Gasteiger partial charge in [0.15, 0.2) is 12.6 Å². The smallest absolute Gasteiger partial charge is 0.362 e. The van der Waals surface area contributed by atoms with Gasteiger partial charge in [-0.3, -0.25) is 4.79 Å². The van der Waals surface area contributed by atoms with Crippen LogP contribution in [-0.2, 0) is 20.9 Å². The minimum Gasteiger partial charge on any atom is -0.457 e. The number of rotatable bonds is 8. The average molecular weight is 438 g/mol. The summed E-state index contributed by atoms with van der Waals surface area (Å²) in [6, 6.07) is 15.5. The van der Waals surface area contributed by atoms with Crippen LogP contribution in [0, 0.1) is 13.8 Å². The Labute approximate surface area is 192 Å². The molecule has 0 radical (unpaired) electrons. The van der Waals surface area contributed by atoms with Crippen LogP contribution in [0.2, 0.25) is 0 Å². The quantitative estimate of drug-likeness (QED) is 0.459. The molecule has 1 N–H and O–H groups in total. The lowest BCUT2D eigenvalue weighted by molar-refractivity contribution is -0.935. The van der Waals surface area contributed by atoms with Gasteiger partial charge in [0.05, 0.1) is 13.1 Å². The van der Waals surface area contributed by atoms with Crippen LogP contribution in [0.25, 0.3) is 0 Å².